The Kier molecular flexibility index (Phi) is 7.35. The van der Waals surface area contributed by atoms with E-state index < -0.39 is 0 Å². The van der Waals surface area contributed by atoms with Crippen molar-refractivity contribution in [1.29, 1.82) is 0 Å². The quantitative estimate of drug-likeness (QED) is 0.166. The average Bonchev–Trinajstić information content (AvgIpc) is 3.66. The minimum absolute atomic E-state index is 0.645. The summed E-state index contributed by atoms with van der Waals surface area (Å²) in [6.45, 7) is 0. The Labute approximate surface area is 321 Å². The van der Waals surface area contributed by atoms with Crippen LogP contribution in [0.15, 0.2) is 188 Å². The second-order valence-electron chi connectivity index (χ2n) is 14.0. The van der Waals surface area contributed by atoms with Gasteiger partial charge in [-0.2, -0.15) is 0 Å². The minimum Gasteiger partial charge on any atom is -0.208 e. The van der Waals surface area contributed by atoms with Crippen molar-refractivity contribution in [1.82, 2.24) is 15.0 Å². The molecule has 11 aromatic rings. The Morgan fingerprint density at radius 2 is 0.709 bits per heavy atom. The van der Waals surface area contributed by atoms with Gasteiger partial charge in [-0.15, -0.1) is 11.3 Å². The summed E-state index contributed by atoms with van der Waals surface area (Å²) in [6, 6.07) is 66.9. The molecule has 0 unspecified atom stereocenters. The summed E-state index contributed by atoms with van der Waals surface area (Å²) in [5.41, 5.74) is 7.45. The van der Waals surface area contributed by atoms with Crippen molar-refractivity contribution in [3.05, 3.63) is 188 Å². The molecular weight excluding hydrogens is 687 g/mol. The molecule has 0 aliphatic heterocycles. The molecule has 0 spiro atoms. The molecule has 0 saturated heterocycles. The monoisotopic (exact) mass is 717 g/mol. The van der Waals surface area contributed by atoms with Gasteiger partial charge in [0, 0.05) is 42.2 Å². The predicted molar refractivity (Wildman–Crippen MR) is 232 cm³/mol. The fraction of sp³-hybridized carbons (Fsp3) is 0. The lowest BCUT2D eigenvalue weighted by Crippen LogP contribution is -2.00. The van der Waals surface area contributed by atoms with E-state index in [1.807, 2.05) is 72.0 Å². The zero-order valence-corrected chi connectivity index (χ0v) is 30.5. The van der Waals surface area contributed by atoms with E-state index in [9.17, 15) is 0 Å². The van der Waals surface area contributed by atoms with Crippen LogP contribution in [0.4, 0.5) is 0 Å². The maximum Gasteiger partial charge on any atom is 0.164 e. The van der Waals surface area contributed by atoms with Crippen LogP contribution in [-0.4, -0.2) is 15.0 Å². The summed E-state index contributed by atoms with van der Waals surface area (Å²) in [6.07, 6.45) is 0. The lowest BCUT2D eigenvalue weighted by atomic mass is 9.90. The summed E-state index contributed by atoms with van der Waals surface area (Å²) in [5.74, 6) is 1.95. The Morgan fingerprint density at radius 3 is 1.36 bits per heavy atom. The molecule has 0 radical (unpaired) electrons. The van der Waals surface area contributed by atoms with E-state index in [1.165, 1.54) is 63.6 Å². The molecule has 2 aromatic heterocycles. The Bertz CT molecular complexity index is 3200. The third-order valence-electron chi connectivity index (χ3n) is 10.7. The number of nitrogens with zero attached hydrogens (tertiary/aromatic N) is 3. The zero-order chi connectivity index (χ0) is 36.3. The van der Waals surface area contributed by atoms with Crippen LogP contribution in [0.25, 0.3) is 109 Å². The number of hydrogen-bond acceptors (Lipinski definition) is 4. The van der Waals surface area contributed by atoms with Crippen molar-refractivity contribution in [2.45, 2.75) is 0 Å². The second-order valence-corrected chi connectivity index (χ2v) is 15.0. The van der Waals surface area contributed by atoms with Gasteiger partial charge < -0.3 is 0 Å². The summed E-state index contributed by atoms with van der Waals surface area (Å²) in [5, 5.41) is 10.4. The molecule has 0 aliphatic carbocycles. The molecule has 0 N–H and O–H groups in total. The third kappa shape index (κ3) is 5.38. The van der Waals surface area contributed by atoms with Crippen LogP contribution < -0.4 is 0 Å². The van der Waals surface area contributed by atoms with Crippen LogP contribution in [0.1, 0.15) is 0 Å². The van der Waals surface area contributed by atoms with E-state index in [2.05, 4.69) is 127 Å². The van der Waals surface area contributed by atoms with Gasteiger partial charge >= 0.3 is 0 Å². The highest BCUT2D eigenvalue weighted by atomic mass is 32.1. The van der Waals surface area contributed by atoms with Crippen LogP contribution in [0, 0.1) is 0 Å². The minimum atomic E-state index is 0.645. The fourth-order valence-electron chi connectivity index (χ4n) is 8.05. The number of aromatic nitrogens is 3. The highest BCUT2D eigenvalue weighted by Crippen LogP contribution is 2.45. The van der Waals surface area contributed by atoms with Gasteiger partial charge in [-0.1, -0.05) is 164 Å². The number of hydrogen-bond donors (Lipinski definition) is 0. The summed E-state index contributed by atoms with van der Waals surface area (Å²) in [7, 11) is 0. The van der Waals surface area contributed by atoms with Crippen LogP contribution in [0.3, 0.4) is 0 Å². The standard InChI is InChI=1S/C51H31N3S/c1-3-13-32(14-4-1)49-52-50(33-15-5-2-6-16-33)54-51(53-49)38-20-12-19-36(30-38)34-17-11-18-35(29-34)37-25-26-43-45(31-37)40-22-8-7-21-39(40)42-27-28-44-41-23-9-10-24-46(41)55-48(44)47(42)43/h1-31H. The molecule has 0 saturated carbocycles. The lowest BCUT2D eigenvalue weighted by Gasteiger charge is -2.13. The Morgan fingerprint density at radius 1 is 0.273 bits per heavy atom. The first-order valence-electron chi connectivity index (χ1n) is 18.5. The average molecular weight is 718 g/mol. The molecule has 9 aromatic carbocycles. The highest BCUT2D eigenvalue weighted by molar-refractivity contribution is 7.26. The molecule has 11 rings (SSSR count). The number of rotatable bonds is 5. The van der Waals surface area contributed by atoms with E-state index in [-0.39, 0.29) is 0 Å². The third-order valence-corrected chi connectivity index (χ3v) is 11.9. The van der Waals surface area contributed by atoms with Crippen molar-refractivity contribution < 1.29 is 0 Å². The van der Waals surface area contributed by atoms with Crippen LogP contribution in [-0.2, 0) is 0 Å². The molecule has 3 nitrogen and oxygen atoms in total. The van der Waals surface area contributed by atoms with Gasteiger partial charge in [0.05, 0.1) is 0 Å². The van der Waals surface area contributed by atoms with E-state index in [1.54, 1.807) is 0 Å². The van der Waals surface area contributed by atoms with Crippen molar-refractivity contribution in [2.24, 2.45) is 0 Å². The molecule has 2 heterocycles. The number of fused-ring (bicyclic) bond motifs is 10. The van der Waals surface area contributed by atoms with Gasteiger partial charge in [0.2, 0.25) is 0 Å². The van der Waals surface area contributed by atoms with Gasteiger partial charge in [-0.25, -0.2) is 15.0 Å². The van der Waals surface area contributed by atoms with Crippen LogP contribution >= 0.6 is 11.3 Å². The van der Waals surface area contributed by atoms with Gasteiger partial charge in [0.15, 0.2) is 17.5 Å². The SMILES string of the molecule is c1ccc(-c2nc(-c3ccccc3)nc(-c3cccc(-c4cccc(-c5ccc6c(c5)c5ccccc5c5ccc7c8ccccc8sc7c56)c4)c3)n2)cc1. The topological polar surface area (TPSA) is 38.7 Å². The molecule has 256 valence electrons. The Hall–Kier alpha value is -7.01. The van der Waals surface area contributed by atoms with E-state index >= 15 is 0 Å². The van der Waals surface area contributed by atoms with Crippen molar-refractivity contribution in [3.8, 4) is 56.4 Å². The first-order chi connectivity index (χ1) is 27.2. The van der Waals surface area contributed by atoms with Crippen molar-refractivity contribution in [3.63, 3.8) is 0 Å². The van der Waals surface area contributed by atoms with Crippen LogP contribution in [0.2, 0.25) is 0 Å². The predicted octanol–water partition coefficient (Wildman–Crippen LogP) is 14.0. The first kappa shape index (κ1) is 31.5. The highest BCUT2D eigenvalue weighted by Gasteiger charge is 2.16. The number of benzene rings is 9. The van der Waals surface area contributed by atoms with Gasteiger partial charge in [-0.3, -0.25) is 0 Å². The van der Waals surface area contributed by atoms with Gasteiger partial charge in [0.1, 0.15) is 0 Å². The summed E-state index contributed by atoms with van der Waals surface area (Å²) in [4.78, 5) is 14.9. The smallest absolute Gasteiger partial charge is 0.164 e. The van der Waals surface area contributed by atoms with E-state index in [0.717, 1.165) is 27.8 Å². The lowest BCUT2D eigenvalue weighted by molar-refractivity contribution is 1.07. The maximum atomic E-state index is 4.98. The molecule has 0 aliphatic rings. The zero-order valence-electron chi connectivity index (χ0n) is 29.6. The largest absolute Gasteiger partial charge is 0.208 e. The van der Waals surface area contributed by atoms with Crippen LogP contribution in [0.5, 0.6) is 0 Å². The number of thiophene rings is 1. The van der Waals surface area contributed by atoms with E-state index in [4.69, 9.17) is 15.0 Å². The second kappa shape index (κ2) is 12.8. The molecule has 0 amide bonds. The normalized spacial score (nSPS) is 11.6. The molecular formula is C51H31N3S. The van der Waals surface area contributed by atoms with Gasteiger partial charge in [-0.05, 0) is 73.5 Å². The summed E-state index contributed by atoms with van der Waals surface area (Å²) >= 11 is 1.90. The molecule has 0 bridgehead atoms. The van der Waals surface area contributed by atoms with E-state index in [0.29, 0.717) is 17.5 Å². The Balaban J connectivity index is 1.03. The van der Waals surface area contributed by atoms with Crippen molar-refractivity contribution in [2.75, 3.05) is 0 Å². The maximum absolute atomic E-state index is 4.98. The summed E-state index contributed by atoms with van der Waals surface area (Å²) < 4.78 is 2.68. The molecule has 0 fully saturated rings. The molecule has 4 heteroatoms. The molecule has 55 heavy (non-hydrogen) atoms. The first-order valence-corrected chi connectivity index (χ1v) is 19.3. The fourth-order valence-corrected chi connectivity index (χ4v) is 9.32. The molecule has 0 atom stereocenters. The van der Waals surface area contributed by atoms with Crippen molar-refractivity contribution >= 4 is 63.8 Å². The van der Waals surface area contributed by atoms with Gasteiger partial charge in [0.25, 0.3) is 0 Å².